The molecule has 32 heavy (non-hydrogen) atoms. The number of nitrogens with zero attached hydrogens (tertiary/aromatic N) is 1. The number of hydrogen-bond acceptors (Lipinski definition) is 6. The Labute approximate surface area is 202 Å². The Balaban J connectivity index is 2.40. The largest absolute Gasteiger partial charge is 0.480 e. The highest BCUT2D eigenvalue weighted by Crippen LogP contribution is 2.16. The third-order valence-electron chi connectivity index (χ3n) is 4.34. The van der Waals surface area contributed by atoms with Crippen LogP contribution in [-0.2, 0) is 25.7 Å². The zero-order chi connectivity index (χ0) is 24.1. The molecule has 0 aliphatic heterocycles. The van der Waals surface area contributed by atoms with Gasteiger partial charge in [0.05, 0.1) is 13.1 Å². The highest BCUT2D eigenvalue weighted by Gasteiger charge is 2.25. The van der Waals surface area contributed by atoms with Gasteiger partial charge in [0.1, 0.15) is 12.2 Å². The fourth-order valence-corrected chi connectivity index (χ4v) is 3.81. The maximum absolute atomic E-state index is 12.2. The second kappa shape index (κ2) is 14.3. The molecule has 2 N–H and O–H groups in total. The Bertz CT molecular complexity index is 756. The van der Waals surface area contributed by atoms with E-state index in [4.69, 9.17) is 21.1 Å². The summed E-state index contributed by atoms with van der Waals surface area (Å²) >= 11 is 9.44. The first-order valence-electron chi connectivity index (χ1n) is 10.4. The highest BCUT2D eigenvalue weighted by atomic mass is 79.9. The minimum absolute atomic E-state index is 0.0893. The summed E-state index contributed by atoms with van der Waals surface area (Å²) in [6.45, 7) is 5.44. The molecule has 8 nitrogen and oxygen atoms in total. The molecule has 0 radical (unpaired) electrons. The van der Waals surface area contributed by atoms with Gasteiger partial charge in [-0.05, 0) is 39.7 Å². The average molecular weight is 536 g/mol. The van der Waals surface area contributed by atoms with Crippen molar-refractivity contribution in [2.45, 2.75) is 58.3 Å². The molecule has 0 saturated heterocycles. The number of unbranched alkanes of at least 4 members (excludes halogenated alkanes) is 1. The van der Waals surface area contributed by atoms with Crippen molar-refractivity contribution in [2.24, 2.45) is 0 Å². The SMILES string of the molecule is CC(C)(C)OC(=O)CN(CC(=O)O)[C@H](CBr)CCCCNC(=O)OCc1ccccc1Cl. The van der Waals surface area contributed by atoms with Crippen LogP contribution in [0.25, 0.3) is 0 Å². The number of alkyl carbamates (subject to hydrolysis) is 1. The summed E-state index contributed by atoms with van der Waals surface area (Å²) in [7, 11) is 0. The number of nitrogens with one attached hydrogen (secondary N) is 1. The molecule has 0 aliphatic rings. The van der Waals surface area contributed by atoms with Crippen LogP contribution in [0.1, 0.15) is 45.6 Å². The van der Waals surface area contributed by atoms with Gasteiger partial charge in [-0.2, -0.15) is 0 Å². The van der Waals surface area contributed by atoms with Crippen LogP contribution in [0.15, 0.2) is 24.3 Å². The number of carboxylic acids is 1. The molecule has 0 bridgehead atoms. The molecule has 180 valence electrons. The zero-order valence-corrected chi connectivity index (χ0v) is 21.1. The van der Waals surface area contributed by atoms with Gasteiger partial charge < -0.3 is 19.9 Å². The summed E-state index contributed by atoms with van der Waals surface area (Å²) in [5, 5.41) is 13.0. The van der Waals surface area contributed by atoms with Crippen LogP contribution < -0.4 is 5.32 Å². The van der Waals surface area contributed by atoms with E-state index >= 15 is 0 Å². The molecule has 1 rings (SSSR count). The van der Waals surface area contributed by atoms with Crippen LogP contribution in [0, 0.1) is 0 Å². The Morgan fingerprint density at radius 1 is 1.19 bits per heavy atom. The van der Waals surface area contributed by atoms with Gasteiger partial charge in [-0.25, -0.2) is 4.79 Å². The fraction of sp³-hybridized carbons (Fsp3) is 0.591. The van der Waals surface area contributed by atoms with Crippen molar-refractivity contribution in [1.29, 1.82) is 0 Å². The van der Waals surface area contributed by atoms with Gasteiger partial charge in [0.2, 0.25) is 0 Å². The number of halogens is 2. The van der Waals surface area contributed by atoms with E-state index in [2.05, 4.69) is 21.2 Å². The fourth-order valence-electron chi connectivity index (χ4n) is 2.89. The third kappa shape index (κ3) is 12.3. The standard InChI is InChI=1S/C22H32BrClN2O6/c1-22(2,3)32-20(29)14-26(13-19(27)28)17(12-23)9-6-7-11-25-21(30)31-15-16-8-4-5-10-18(16)24/h4-5,8,10,17H,6-7,9,11-15H2,1-3H3,(H,25,30)(H,27,28)/t17-/m0/s1. The molecule has 0 aromatic heterocycles. The molecular formula is C22H32BrClN2O6. The topological polar surface area (TPSA) is 105 Å². The lowest BCUT2D eigenvalue weighted by Gasteiger charge is -2.29. The van der Waals surface area contributed by atoms with E-state index in [1.807, 2.05) is 6.07 Å². The summed E-state index contributed by atoms with van der Waals surface area (Å²) in [6, 6.07) is 6.98. The van der Waals surface area contributed by atoms with Crippen LogP contribution in [0.5, 0.6) is 0 Å². The highest BCUT2D eigenvalue weighted by molar-refractivity contribution is 9.09. The smallest absolute Gasteiger partial charge is 0.407 e. The molecule has 10 heteroatoms. The summed E-state index contributed by atoms with van der Waals surface area (Å²) < 4.78 is 10.5. The normalized spacial score (nSPS) is 12.3. The minimum atomic E-state index is -1.01. The summed E-state index contributed by atoms with van der Waals surface area (Å²) in [4.78, 5) is 36.9. The number of hydrogen-bond donors (Lipinski definition) is 2. The van der Waals surface area contributed by atoms with Crippen molar-refractivity contribution in [3.05, 3.63) is 34.9 Å². The summed E-state index contributed by atoms with van der Waals surface area (Å²) in [5.74, 6) is -1.48. The van der Waals surface area contributed by atoms with Gasteiger partial charge in [-0.3, -0.25) is 14.5 Å². The molecule has 1 aromatic rings. The van der Waals surface area contributed by atoms with Gasteiger partial charge in [-0.15, -0.1) is 0 Å². The molecule has 0 spiro atoms. The number of carboxylic acid groups (broad SMARTS) is 1. The zero-order valence-electron chi connectivity index (χ0n) is 18.7. The monoisotopic (exact) mass is 534 g/mol. The second-order valence-corrected chi connectivity index (χ2v) is 9.34. The number of carbonyl (C=O) groups is 3. The number of esters is 1. The van der Waals surface area contributed by atoms with Crippen molar-refractivity contribution < 1.29 is 29.0 Å². The maximum atomic E-state index is 12.2. The predicted octanol–water partition coefficient (Wildman–Crippen LogP) is 4.23. The van der Waals surface area contributed by atoms with Crippen molar-refractivity contribution in [1.82, 2.24) is 10.2 Å². The quantitative estimate of drug-likeness (QED) is 0.221. The van der Waals surface area contributed by atoms with E-state index in [-0.39, 0.29) is 25.7 Å². The lowest BCUT2D eigenvalue weighted by atomic mass is 10.1. The van der Waals surface area contributed by atoms with Crippen LogP contribution in [0.3, 0.4) is 0 Å². The first-order chi connectivity index (χ1) is 15.0. The van der Waals surface area contributed by atoms with E-state index in [0.717, 1.165) is 12.0 Å². The van der Waals surface area contributed by atoms with E-state index in [0.29, 0.717) is 29.7 Å². The van der Waals surface area contributed by atoms with Gasteiger partial charge in [0.15, 0.2) is 0 Å². The number of benzene rings is 1. The maximum Gasteiger partial charge on any atom is 0.407 e. The van der Waals surface area contributed by atoms with Crippen molar-refractivity contribution in [3.8, 4) is 0 Å². The third-order valence-corrected chi connectivity index (χ3v) is 5.45. The Hall–Kier alpha value is -1.84. The first-order valence-corrected chi connectivity index (χ1v) is 11.9. The molecule has 1 amide bonds. The summed E-state index contributed by atoms with van der Waals surface area (Å²) in [6.07, 6.45) is 1.53. The number of aliphatic carboxylic acids is 1. The van der Waals surface area contributed by atoms with Crippen LogP contribution in [0.2, 0.25) is 5.02 Å². The van der Waals surface area contributed by atoms with Crippen LogP contribution in [-0.4, -0.2) is 64.6 Å². The van der Waals surface area contributed by atoms with Crippen molar-refractivity contribution in [3.63, 3.8) is 0 Å². The molecule has 0 fully saturated rings. The number of alkyl halides is 1. The van der Waals surface area contributed by atoms with Gasteiger partial charge >= 0.3 is 18.0 Å². The molecular weight excluding hydrogens is 504 g/mol. The van der Waals surface area contributed by atoms with Gasteiger partial charge in [-0.1, -0.05) is 52.2 Å². The molecule has 1 atom stereocenters. The van der Waals surface area contributed by atoms with Gasteiger partial charge in [0.25, 0.3) is 0 Å². The molecule has 1 aromatic carbocycles. The number of ether oxygens (including phenoxy) is 2. The van der Waals surface area contributed by atoms with Crippen LogP contribution >= 0.6 is 27.5 Å². The lowest BCUT2D eigenvalue weighted by Crippen LogP contribution is -2.44. The molecule has 0 unspecified atom stereocenters. The van der Waals surface area contributed by atoms with Crippen LogP contribution in [0.4, 0.5) is 4.79 Å². The minimum Gasteiger partial charge on any atom is -0.480 e. The van der Waals surface area contributed by atoms with E-state index < -0.39 is 23.6 Å². The Kier molecular flexibility index (Phi) is 12.6. The predicted molar refractivity (Wildman–Crippen MR) is 126 cm³/mol. The second-order valence-electron chi connectivity index (χ2n) is 8.28. The average Bonchev–Trinajstić information content (AvgIpc) is 2.67. The van der Waals surface area contributed by atoms with E-state index in [1.54, 1.807) is 43.9 Å². The first kappa shape index (κ1) is 28.2. The molecule has 0 saturated carbocycles. The molecule has 0 aliphatic carbocycles. The number of rotatable bonds is 13. The lowest BCUT2D eigenvalue weighted by molar-refractivity contribution is -0.157. The van der Waals surface area contributed by atoms with Gasteiger partial charge in [0, 0.05) is 28.5 Å². The van der Waals surface area contributed by atoms with E-state index in [9.17, 15) is 19.5 Å². The number of carbonyl (C=O) groups excluding carboxylic acids is 2. The Morgan fingerprint density at radius 3 is 2.47 bits per heavy atom. The van der Waals surface area contributed by atoms with E-state index in [1.165, 1.54) is 0 Å². The number of amides is 1. The van der Waals surface area contributed by atoms with Crippen molar-refractivity contribution >= 4 is 45.6 Å². The van der Waals surface area contributed by atoms with Crippen molar-refractivity contribution in [2.75, 3.05) is 25.0 Å². The Morgan fingerprint density at radius 2 is 1.88 bits per heavy atom. The summed E-state index contributed by atoms with van der Waals surface area (Å²) in [5.41, 5.74) is 0.0927. The molecule has 0 heterocycles.